The van der Waals surface area contributed by atoms with Crippen LogP contribution in [0.15, 0.2) is 59.0 Å². The molecule has 0 fully saturated rings. The molecule has 3 nitrogen and oxygen atoms in total. The molecule has 1 N–H and O–H groups in total. The molecule has 0 aliphatic rings. The van der Waals surface area contributed by atoms with E-state index in [-0.39, 0.29) is 5.91 Å². The van der Waals surface area contributed by atoms with Gasteiger partial charge in [-0.1, -0.05) is 37.3 Å². The van der Waals surface area contributed by atoms with Gasteiger partial charge in [0.15, 0.2) is 0 Å². The molecule has 0 atom stereocenters. The molecular weight excluding hydrogens is 274 g/mol. The van der Waals surface area contributed by atoms with Gasteiger partial charge in [-0.05, 0) is 35.0 Å². The van der Waals surface area contributed by atoms with Crippen LogP contribution in [0.3, 0.4) is 0 Å². The zero-order valence-electron chi connectivity index (χ0n) is 12.6. The smallest absolute Gasteiger partial charge is 0.224 e. The fourth-order valence-electron chi connectivity index (χ4n) is 2.47. The summed E-state index contributed by atoms with van der Waals surface area (Å²) in [6.07, 6.45) is 1.92. The van der Waals surface area contributed by atoms with Crippen LogP contribution >= 0.6 is 0 Å². The van der Waals surface area contributed by atoms with E-state index in [1.807, 2.05) is 48.5 Å². The van der Waals surface area contributed by atoms with Crippen molar-refractivity contribution >= 4 is 22.4 Å². The lowest BCUT2D eigenvalue weighted by molar-refractivity contribution is -0.116. The molecule has 3 aromatic rings. The Bertz CT molecular complexity index is 789. The van der Waals surface area contributed by atoms with Crippen molar-refractivity contribution in [3.63, 3.8) is 0 Å². The number of nitrogens with one attached hydrogen (secondary N) is 1. The van der Waals surface area contributed by atoms with Gasteiger partial charge in [-0.15, -0.1) is 0 Å². The number of aryl methyl sites for hydroxylation is 2. The summed E-state index contributed by atoms with van der Waals surface area (Å²) >= 11 is 0. The number of benzene rings is 2. The number of anilines is 1. The van der Waals surface area contributed by atoms with E-state index in [0.29, 0.717) is 12.8 Å². The van der Waals surface area contributed by atoms with E-state index in [0.717, 1.165) is 29.0 Å². The fourth-order valence-corrected chi connectivity index (χ4v) is 2.47. The van der Waals surface area contributed by atoms with Gasteiger partial charge in [0.25, 0.3) is 0 Å². The summed E-state index contributed by atoms with van der Waals surface area (Å²) in [7, 11) is 0. The highest BCUT2D eigenvalue weighted by molar-refractivity contribution is 5.94. The van der Waals surface area contributed by atoms with Crippen LogP contribution in [0.2, 0.25) is 0 Å². The second-order valence-electron chi connectivity index (χ2n) is 5.33. The van der Waals surface area contributed by atoms with Gasteiger partial charge in [-0.2, -0.15) is 0 Å². The number of amides is 1. The molecule has 3 rings (SSSR count). The summed E-state index contributed by atoms with van der Waals surface area (Å²) in [4.78, 5) is 12.0. The van der Waals surface area contributed by atoms with Crippen LogP contribution in [-0.2, 0) is 17.6 Å². The Labute approximate surface area is 130 Å². The molecule has 3 heteroatoms. The molecule has 0 aliphatic heterocycles. The summed E-state index contributed by atoms with van der Waals surface area (Å²) in [5.74, 6) is 1.83. The summed E-state index contributed by atoms with van der Waals surface area (Å²) in [5, 5.41) is 5.24. The Morgan fingerprint density at radius 1 is 1.00 bits per heavy atom. The summed E-state index contributed by atoms with van der Waals surface area (Å²) in [5.41, 5.74) is 0.831. The zero-order chi connectivity index (χ0) is 15.4. The van der Waals surface area contributed by atoms with Crippen LogP contribution in [0.5, 0.6) is 0 Å². The minimum Gasteiger partial charge on any atom is -0.466 e. The Balaban J connectivity index is 1.60. The van der Waals surface area contributed by atoms with Crippen molar-refractivity contribution in [2.75, 3.05) is 5.32 Å². The molecule has 1 amide bonds. The summed E-state index contributed by atoms with van der Waals surface area (Å²) in [6, 6.07) is 18.0. The third-order valence-corrected chi connectivity index (χ3v) is 3.70. The van der Waals surface area contributed by atoms with Crippen molar-refractivity contribution in [2.45, 2.75) is 26.2 Å². The maximum atomic E-state index is 12.0. The van der Waals surface area contributed by atoms with Gasteiger partial charge in [0.05, 0.1) is 0 Å². The second kappa shape index (κ2) is 6.48. The minimum absolute atomic E-state index is 0.00438. The van der Waals surface area contributed by atoms with Gasteiger partial charge >= 0.3 is 0 Å². The van der Waals surface area contributed by atoms with E-state index in [9.17, 15) is 4.79 Å². The third kappa shape index (κ3) is 3.37. The quantitative estimate of drug-likeness (QED) is 0.749. The number of carbonyl (C=O) groups is 1. The van der Waals surface area contributed by atoms with E-state index < -0.39 is 0 Å². The van der Waals surface area contributed by atoms with Crippen molar-refractivity contribution in [3.05, 3.63) is 66.1 Å². The SMILES string of the molecule is CCc1ccc(CCC(=O)Nc2ccc3ccccc3c2)o1. The molecule has 0 spiro atoms. The molecule has 0 unspecified atom stereocenters. The average molecular weight is 293 g/mol. The standard InChI is InChI=1S/C19H19NO2/c1-2-17-9-10-18(22-17)11-12-19(21)20-16-8-7-14-5-3-4-6-15(14)13-16/h3-10,13H,2,11-12H2,1H3,(H,20,21). The number of carbonyl (C=O) groups excluding carboxylic acids is 1. The van der Waals surface area contributed by atoms with Gasteiger partial charge in [-0.25, -0.2) is 0 Å². The first-order valence-corrected chi connectivity index (χ1v) is 7.61. The normalized spacial score (nSPS) is 10.8. The summed E-state index contributed by atoms with van der Waals surface area (Å²) in [6.45, 7) is 2.05. The van der Waals surface area contributed by atoms with Crippen LogP contribution in [0, 0.1) is 0 Å². The molecule has 22 heavy (non-hydrogen) atoms. The first kappa shape index (κ1) is 14.4. The number of hydrogen-bond acceptors (Lipinski definition) is 2. The predicted molar refractivity (Wildman–Crippen MR) is 89.0 cm³/mol. The second-order valence-corrected chi connectivity index (χ2v) is 5.33. The van der Waals surface area contributed by atoms with Gasteiger partial charge in [0, 0.05) is 24.9 Å². The van der Waals surface area contributed by atoms with Gasteiger partial charge in [0.1, 0.15) is 11.5 Å². The van der Waals surface area contributed by atoms with E-state index in [2.05, 4.69) is 18.3 Å². The van der Waals surface area contributed by atoms with Crippen molar-refractivity contribution in [1.82, 2.24) is 0 Å². The van der Waals surface area contributed by atoms with Crippen LogP contribution in [0.4, 0.5) is 5.69 Å². The molecule has 0 aliphatic carbocycles. The highest BCUT2D eigenvalue weighted by Crippen LogP contribution is 2.19. The highest BCUT2D eigenvalue weighted by Gasteiger charge is 2.06. The Morgan fingerprint density at radius 3 is 2.55 bits per heavy atom. The largest absolute Gasteiger partial charge is 0.466 e. The lowest BCUT2D eigenvalue weighted by atomic mass is 10.1. The minimum atomic E-state index is 0.00438. The van der Waals surface area contributed by atoms with E-state index in [1.54, 1.807) is 0 Å². The van der Waals surface area contributed by atoms with Crippen molar-refractivity contribution in [3.8, 4) is 0 Å². The average Bonchev–Trinajstić information content (AvgIpc) is 3.01. The molecule has 112 valence electrons. The van der Waals surface area contributed by atoms with Crippen molar-refractivity contribution < 1.29 is 9.21 Å². The monoisotopic (exact) mass is 293 g/mol. The van der Waals surface area contributed by atoms with E-state index >= 15 is 0 Å². The number of rotatable bonds is 5. The van der Waals surface area contributed by atoms with Crippen molar-refractivity contribution in [2.24, 2.45) is 0 Å². The number of fused-ring (bicyclic) bond motifs is 1. The van der Waals surface area contributed by atoms with Gasteiger partial charge < -0.3 is 9.73 Å². The number of furan rings is 1. The molecule has 1 aromatic heterocycles. The molecule has 0 bridgehead atoms. The zero-order valence-corrected chi connectivity index (χ0v) is 12.6. The van der Waals surface area contributed by atoms with Gasteiger partial charge in [-0.3, -0.25) is 4.79 Å². The topological polar surface area (TPSA) is 42.2 Å². The fraction of sp³-hybridized carbons (Fsp3) is 0.211. The molecule has 2 aromatic carbocycles. The molecule has 0 saturated heterocycles. The Hall–Kier alpha value is -2.55. The molecule has 0 saturated carbocycles. The van der Waals surface area contributed by atoms with Crippen LogP contribution < -0.4 is 5.32 Å². The first-order valence-electron chi connectivity index (χ1n) is 7.61. The Morgan fingerprint density at radius 2 is 1.77 bits per heavy atom. The lowest BCUT2D eigenvalue weighted by Crippen LogP contribution is -2.12. The first-order chi connectivity index (χ1) is 10.7. The van der Waals surface area contributed by atoms with E-state index in [4.69, 9.17) is 4.42 Å². The lowest BCUT2D eigenvalue weighted by Gasteiger charge is -2.06. The predicted octanol–water partition coefficient (Wildman–Crippen LogP) is 4.57. The molecular formula is C19H19NO2. The van der Waals surface area contributed by atoms with E-state index in [1.165, 1.54) is 5.39 Å². The Kier molecular flexibility index (Phi) is 4.24. The van der Waals surface area contributed by atoms with Crippen molar-refractivity contribution in [1.29, 1.82) is 0 Å². The van der Waals surface area contributed by atoms with Crippen LogP contribution in [-0.4, -0.2) is 5.91 Å². The van der Waals surface area contributed by atoms with Crippen LogP contribution in [0.1, 0.15) is 24.9 Å². The van der Waals surface area contributed by atoms with Gasteiger partial charge in [0.2, 0.25) is 5.91 Å². The summed E-state index contributed by atoms with van der Waals surface area (Å²) < 4.78 is 5.61. The maximum absolute atomic E-state index is 12.0. The number of hydrogen-bond donors (Lipinski definition) is 1. The van der Waals surface area contributed by atoms with Crippen LogP contribution in [0.25, 0.3) is 10.8 Å². The highest BCUT2D eigenvalue weighted by atomic mass is 16.3. The molecule has 0 radical (unpaired) electrons. The maximum Gasteiger partial charge on any atom is 0.224 e. The molecule has 1 heterocycles. The third-order valence-electron chi connectivity index (χ3n) is 3.70.